The van der Waals surface area contributed by atoms with E-state index in [1.54, 1.807) is 0 Å². The van der Waals surface area contributed by atoms with Crippen LogP contribution in [0.15, 0.2) is 0 Å². The Bertz CT molecular complexity index is 153. The highest BCUT2D eigenvalue weighted by Crippen LogP contribution is 2.36. The van der Waals surface area contributed by atoms with Crippen LogP contribution in [0.4, 0.5) is 0 Å². The molecule has 78 valence electrons. The van der Waals surface area contributed by atoms with Crippen LogP contribution in [0.2, 0.25) is 0 Å². The van der Waals surface area contributed by atoms with Crippen LogP contribution < -0.4 is 0 Å². The maximum absolute atomic E-state index is 10.1. The Kier molecular flexibility index (Phi) is 3.78. The molecule has 1 N–H and O–H groups in total. The molecule has 4 atom stereocenters. The maximum atomic E-state index is 10.1. The Morgan fingerprint density at radius 2 is 1.77 bits per heavy atom. The average molecular weight is 184 g/mol. The van der Waals surface area contributed by atoms with Crippen LogP contribution in [0.25, 0.3) is 0 Å². The van der Waals surface area contributed by atoms with Gasteiger partial charge in [-0.3, -0.25) is 0 Å². The van der Waals surface area contributed by atoms with Crippen LogP contribution in [-0.2, 0) is 0 Å². The summed E-state index contributed by atoms with van der Waals surface area (Å²) in [6.45, 7) is 8.88. The van der Waals surface area contributed by atoms with Crippen molar-refractivity contribution in [1.29, 1.82) is 0 Å². The molecule has 1 saturated carbocycles. The quantitative estimate of drug-likeness (QED) is 0.714. The molecule has 0 bridgehead atoms. The zero-order chi connectivity index (χ0) is 10.0. The molecule has 0 radical (unpaired) electrons. The summed E-state index contributed by atoms with van der Waals surface area (Å²) >= 11 is 0. The SMILES string of the molecule is CC1CCC(C(O)C(C)C(C)C)C1. The lowest BCUT2D eigenvalue weighted by atomic mass is 9.84. The molecule has 1 aliphatic rings. The van der Waals surface area contributed by atoms with Crippen LogP contribution in [0, 0.1) is 23.7 Å². The Morgan fingerprint density at radius 1 is 1.15 bits per heavy atom. The summed E-state index contributed by atoms with van der Waals surface area (Å²) in [5.74, 6) is 2.47. The van der Waals surface area contributed by atoms with Gasteiger partial charge in [0, 0.05) is 0 Å². The van der Waals surface area contributed by atoms with E-state index in [1.807, 2.05) is 0 Å². The van der Waals surface area contributed by atoms with Crippen LogP contribution in [0.1, 0.15) is 47.0 Å². The second-order valence-corrected chi connectivity index (χ2v) is 5.27. The summed E-state index contributed by atoms with van der Waals surface area (Å²) in [6.07, 6.45) is 3.72. The fourth-order valence-electron chi connectivity index (χ4n) is 2.38. The van der Waals surface area contributed by atoms with Crippen LogP contribution in [-0.4, -0.2) is 11.2 Å². The van der Waals surface area contributed by atoms with E-state index in [-0.39, 0.29) is 6.10 Å². The van der Waals surface area contributed by atoms with Crippen molar-refractivity contribution in [3.8, 4) is 0 Å². The van der Waals surface area contributed by atoms with E-state index in [4.69, 9.17) is 0 Å². The summed E-state index contributed by atoms with van der Waals surface area (Å²) in [5, 5.41) is 10.1. The molecule has 1 rings (SSSR count). The predicted molar refractivity (Wildman–Crippen MR) is 56.5 cm³/mol. The molecule has 1 fully saturated rings. The summed E-state index contributed by atoms with van der Waals surface area (Å²) in [4.78, 5) is 0. The zero-order valence-corrected chi connectivity index (χ0v) is 9.46. The minimum Gasteiger partial charge on any atom is -0.393 e. The van der Waals surface area contributed by atoms with Gasteiger partial charge in [0.1, 0.15) is 0 Å². The van der Waals surface area contributed by atoms with Crippen molar-refractivity contribution in [3.05, 3.63) is 0 Å². The lowest BCUT2D eigenvalue weighted by molar-refractivity contribution is 0.0392. The van der Waals surface area contributed by atoms with Gasteiger partial charge in [0.2, 0.25) is 0 Å². The van der Waals surface area contributed by atoms with Gasteiger partial charge in [0.25, 0.3) is 0 Å². The van der Waals surface area contributed by atoms with Crippen molar-refractivity contribution < 1.29 is 5.11 Å². The second-order valence-electron chi connectivity index (χ2n) is 5.27. The van der Waals surface area contributed by atoms with Crippen molar-refractivity contribution in [2.24, 2.45) is 23.7 Å². The highest BCUT2D eigenvalue weighted by Gasteiger charge is 2.31. The Balaban J connectivity index is 2.43. The number of rotatable bonds is 3. The van der Waals surface area contributed by atoms with E-state index in [0.717, 1.165) is 5.92 Å². The summed E-state index contributed by atoms with van der Waals surface area (Å²) in [6, 6.07) is 0. The molecule has 4 unspecified atom stereocenters. The molecule has 13 heavy (non-hydrogen) atoms. The molecular weight excluding hydrogens is 160 g/mol. The fourth-order valence-corrected chi connectivity index (χ4v) is 2.38. The molecule has 0 aromatic heterocycles. The van der Waals surface area contributed by atoms with Gasteiger partial charge < -0.3 is 5.11 Å². The van der Waals surface area contributed by atoms with Crippen LogP contribution in [0.5, 0.6) is 0 Å². The summed E-state index contributed by atoms with van der Waals surface area (Å²) in [7, 11) is 0. The Morgan fingerprint density at radius 3 is 2.15 bits per heavy atom. The van der Waals surface area contributed by atoms with Crippen LogP contribution >= 0.6 is 0 Å². The van der Waals surface area contributed by atoms with Gasteiger partial charge in [-0.15, -0.1) is 0 Å². The van der Waals surface area contributed by atoms with Crippen LogP contribution in [0.3, 0.4) is 0 Å². The lowest BCUT2D eigenvalue weighted by Crippen LogP contribution is -2.29. The van der Waals surface area contributed by atoms with E-state index in [0.29, 0.717) is 17.8 Å². The summed E-state index contributed by atoms with van der Waals surface area (Å²) in [5.41, 5.74) is 0. The lowest BCUT2D eigenvalue weighted by Gasteiger charge is -2.27. The Labute approximate surface area is 82.5 Å². The van der Waals surface area contributed by atoms with Crippen molar-refractivity contribution in [2.75, 3.05) is 0 Å². The highest BCUT2D eigenvalue weighted by atomic mass is 16.3. The molecule has 0 heterocycles. The van der Waals surface area contributed by atoms with Gasteiger partial charge in [-0.1, -0.05) is 34.1 Å². The molecule has 1 aliphatic carbocycles. The van der Waals surface area contributed by atoms with E-state index < -0.39 is 0 Å². The second kappa shape index (κ2) is 4.45. The summed E-state index contributed by atoms with van der Waals surface area (Å²) < 4.78 is 0. The molecule has 0 aromatic carbocycles. The van der Waals surface area contributed by atoms with Crippen molar-refractivity contribution in [3.63, 3.8) is 0 Å². The normalized spacial score (nSPS) is 33.7. The first kappa shape index (κ1) is 11.0. The maximum Gasteiger partial charge on any atom is 0.0596 e. The van der Waals surface area contributed by atoms with E-state index in [2.05, 4.69) is 27.7 Å². The van der Waals surface area contributed by atoms with Gasteiger partial charge in [0.15, 0.2) is 0 Å². The smallest absolute Gasteiger partial charge is 0.0596 e. The fraction of sp³-hybridized carbons (Fsp3) is 1.00. The molecule has 0 saturated heterocycles. The Hall–Kier alpha value is -0.0400. The molecule has 1 heteroatoms. The molecule has 1 nitrogen and oxygen atoms in total. The third-order valence-electron chi connectivity index (χ3n) is 3.81. The van der Waals surface area contributed by atoms with E-state index >= 15 is 0 Å². The highest BCUT2D eigenvalue weighted by molar-refractivity contribution is 4.82. The number of aliphatic hydroxyl groups is 1. The van der Waals surface area contributed by atoms with Crippen molar-refractivity contribution in [2.45, 2.75) is 53.1 Å². The number of hydrogen-bond acceptors (Lipinski definition) is 1. The monoisotopic (exact) mass is 184 g/mol. The van der Waals surface area contributed by atoms with E-state index in [1.165, 1.54) is 19.3 Å². The first-order valence-electron chi connectivity index (χ1n) is 5.70. The number of hydrogen-bond donors (Lipinski definition) is 1. The largest absolute Gasteiger partial charge is 0.393 e. The first-order valence-corrected chi connectivity index (χ1v) is 5.70. The average Bonchev–Trinajstić information content (AvgIpc) is 2.49. The van der Waals surface area contributed by atoms with Crippen molar-refractivity contribution >= 4 is 0 Å². The molecule has 0 amide bonds. The molecule has 0 aromatic rings. The predicted octanol–water partition coefficient (Wildman–Crippen LogP) is 3.08. The van der Waals surface area contributed by atoms with E-state index in [9.17, 15) is 5.11 Å². The van der Waals surface area contributed by atoms with Gasteiger partial charge in [-0.05, 0) is 36.5 Å². The topological polar surface area (TPSA) is 20.2 Å². The molecule has 0 spiro atoms. The van der Waals surface area contributed by atoms with Gasteiger partial charge >= 0.3 is 0 Å². The third kappa shape index (κ3) is 2.70. The molecular formula is C12H24O. The minimum absolute atomic E-state index is 0.0649. The van der Waals surface area contributed by atoms with Gasteiger partial charge in [-0.25, -0.2) is 0 Å². The van der Waals surface area contributed by atoms with Gasteiger partial charge in [0.05, 0.1) is 6.10 Å². The first-order chi connectivity index (χ1) is 6.02. The standard InChI is InChI=1S/C12H24O/c1-8(2)10(4)12(13)11-6-5-9(3)7-11/h8-13H,5-7H2,1-4H3. The van der Waals surface area contributed by atoms with Gasteiger partial charge in [-0.2, -0.15) is 0 Å². The van der Waals surface area contributed by atoms with Crippen molar-refractivity contribution in [1.82, 2.24) is 0 Å². The zero-order valence-electron chi connectivity index (χ0n) is 9.46. The molecule has 0 aliphatic heterocycles. The third-order valence-corrected chi connectivity index (χ3v) is 3.81. The number of aliphatic hydroxyl groups excluding tert-OH is 1. The minimum atomic E-state index is -0.0649.